The number of piperidine rings is 1. The van der Waals surface area contributed by atoms with Crippen molar-refractivity contribution in [2.75, 3.05) is 37.6 Å². The first-order chi connectivity index (χ1) is 27.1. The summed E-state index contributed by atoms with van der Waals surface area (Å²) < 4.78 is 92.0. The number of rotatable bonds is 10. The molecule has 4 unspecified atom stereocenters. The molecule has 2 aliphatic heterocycles. The minimum absolute atomic E-state index is 0.0508. The van der Waals surface area contributed by atoms with Crippen LogP contribution in [0.1, 0.15) is 74.0 Å². The molecule has 57 heavy (non-hydrogen) atoms. The molecule has 2 aliphatic carbocycles. The molecule has 4 fully saturated rings. The number of carboxylic acids is 1. The van der Waals surface area contributed by atoms with Gasteiger partial charge in [-0.15, -0.1) is 0 Å². The van der Waals surface area contributed by atoms with Crippen molar-refractivity contribution in [2.45, 2.75) is 81.9 Å². The Kier molecular flexibility index (Phi) is 10.1. The summed E-state index contributed by atoms with van der Waals surface area (Å²) in [4.78, 5) is 42.4. The second-order valence-corrected chi connectivity index (χ2v) is 16.0. The number of carbonyl (C=O) groups is 2. The molecular formula is C40H43F6N7O4. The van der Waals surface area contributed by atoms with Gasteiger partial charge >= 0.3 is 18.3 Å². The maximum absolute atomic E-state index is 14.8. The third-order valence-corrected chi connectivity index (χ3v) is 12.3. The van der Waals surface area contributed by atoms with Crippen molar-refractivity contribution < 1.29 is 45.8 Å². The topological polar surface area (TPSA) is 126 Å². The summed E-state index contributed by atoms with van der Waals surface area (Å²) in [6.07, 6.45) is -0.352. The van der Waals surface area contributed by atoms with Crippen molar-refractivity contribution in [3.05, 3.63) is 66.2 Å². The van der Waals surface area contributed by atoms with E-state index >= 15 is 0 Å². The molecule has 304 valence electrons. The first-order valence-electron chi connectivity index (χ1n) is 19.4. The van der Waals surface area contributed by atoms with E-state index in [0.29, 0.717) is 61.4 Å². The molecule has 1 amide bonds. The predicted molar refractivity (Wildman–Crippen MR) is 197 cm³/mol. The van der Waals surface area contributed by atoms with Crippen molar-refractivity contribution in [3.63, 3.8) is 0 Å². The molecule has 4 atom stereocenters. The van der Waals surface area contributed by atoms with Crippen LogP contribution in [0.25, 0.3) is 22.2 Å². The van der Waals surface area contributed by atoms with Gasteiger partial charge in [-0.05, 0) is 73.8 Å². The standard InChI is InChI=1S/C40H43F6N7O4/c1-2-23-14-24-16-25(15-23)38(18-24,36(55)56)50-35(54)30-6-7-32(49-34(30)40(44,45)46)31-21-53(26-19-51(20-26)22-39(41,42)43)33-17-28(4-5-29(31)33)57-27-8-12-52(13-9-27)37-47-10-3-11-48-37/h3-7,10-11,17,21,23-27H,2,8-9,12-16,18-20,22H2,1H3,(H,50,54)(H,55,56). The fourth-order valence-corrected chi connectivity index (χ4v) is 9.57. The number of hydrogen-bond acceptors (Lipinski definition) is 8. The van der Waals surface area contributed by atoms with E-state index in [9.17, 15) is 41.0 Å². The van der Waals surface area contributed by atoms with Crippen LogP contribution in [0, 0.1) is 17.8 Å². The van der Waals surface area contributed by atoms with Gasteiger partial charge < -0.3 is 24.6 Å². The summed E-state index contributed by atoms with van der Waals surface area (Å²) in [5.74, 6) is -1.36. The van der Waals surface area contributed by atoms with Crippen LogP contribution in [0.2, 0.25) is 0 Å². The van der Waals surface area contributed by atoms with Crippen LogP contribution in [0.4, 0.5) is 32.3 Å². The van der Waals surface area contributed by atoms with Gasteiger partial charge in [-0.3, -0.25) is 9.69 Å². The number of carbonyl (C=O) groups excluding carboxylic acids is 1. The lowest BCUT2D eigenvalue weighted by Crippen LogP contribution is -2.57. The molecule has 2 saturated carbocycles. The van der Waals surface area contributed by atoms with Crippen molar-refractivity contribution >= 4 is 28.7 Å². The molecule has 2 saturated heterocycles. The smallest absolute Gasteiger partial charge is 0.434 e. The van der Waals surface area contributed by atoms with Crippen LogP contribution < -0.4 is 15.0 Å². The summed E-state index contributed by atoms with van der Waals surface area (Å²) in [7, 11) is 0. The maximum Gasteiger partial charge on any atom is 0.434 e. The Bertz CT molecular complexity index is 2130. The van der Waals surface area contributed by atoms with Crippen LogP contribution in [0.5, 0.6) is 5.75 Å². The van der Waals surface area contributed by atoms with Crippen molar-refractivity contribution in [2.24, 2.45) is 17.8 Å². The average Bonchev–Trinajstić information content (AvgIpc) is 3.65. The molecule has 8 rings (SSSR count). The van der Waals surface area contributed by atoms with E-state index in [0.717, 1.165) is 18.9 Å². The number of alkyl halides is 6. The first-order valence-corrected chi connectivity index (χ1v) is 19.4. The molecule has 17 heteroatoms. The summed E-state index contributed by atoms with van der Waals surface area (Å²) in [6, 6.07) is 8.80. The normalized spacial score (nSPS) is 24.8. The Morgan fingerprint density at radius 3 is 2.40 bits per heavy atom. The molecule has 5 heterocycles. The monoisotopic (exact) mass is 799 g/mol. The lowest BCUT2D eigenvalue weighted by molar-refractivity contribution is -0.157. The number of halogens is 6. The third-order valence-electron chi connectivity index (χ3n) is 12.3. The third kappa shape index (κ3) is 7.74. The Morgan fingerprint density at radius 2 is 1.74 bits per heavy atom. The minimum Gasteiger partial charge on any atom is -0.490 e. The fraction of sp³-hybridized carbons (Fsp3) is 0.525. The molecule has 4 aliphatic rings. The Balaban J connectivity index is 1.09. The van der Waals surface area contributed by atoms with Crippen LogP contribution in [-0.2, 0) is 11.0 Å². The lowest BCUT2D eigenvalue weighted by Gasteiger charge is -2.40. The van der Waals surface area contributed by atoms with E-state index < -0.39 is 59.5 Å². The van der Waals surface area contributed by atoms with E-state index in [1.807, 2.05) is 6.92 Å². The van der Waals surface area contributed by atoms with E-state index in [4.69, 9.17) is 4.74 Å². The molecule has 4 aromatic rings. The van der Waals surface area contributed by atoms with Gasteiger partial charge in [0.1, 0.15) is 17.4 Å². The number of aliphatic carboxylic acids is 1. The number of hydrogen-bond donors (Lipinski definition) is 2. The highest BCUT2D eigenvalue weighted by Crippen LogP contribution is 2.51. The minimum atomic E-state index is -5.08. The molecule has 2 N–H and O–H groups in total. The van der Waals surface area contributed by atoms with Gasteiger partial charge in [0.2, 0.25) is 5.95 Å². The van der Waals surface area contributed by atoms with Gasteiger partial charge in [-0.1, -0.05) is 13.3 Å². The predicted octanol–water partition coefficient (Wildman–Crippen LogP) is 7.38. The number of amides is 1. The lowest BCUT2D eigenvalue weighted by atomic mass is 9.76. The summed E-state index contributed by atoms with van der Waals surface area (Å²) in [5.41, 5.74) is -3.20. The van der Waals surface area contributed by atoms with E-state index in [1.165, 1.54) is 11.0 Å². The number of carboxylic acid groups (broad SMARTS) is 1. The first kappa shape index (κ1) is 38.9. The maximum atomic E-state index is 14.8. The van der Waals surface area contributed by atoms with Gasteiger partial charge in [-0.25, -0.2) is 19.7 Å². The molecule has 2 bridgehead atoms. The SMILES string of the molecule is CCC1CC2CC(C1)C(NC(=O)c1ccc(-c3cn(C4CN(CC(F)(F)F)C4)c4cc(OC5CCN(c6ncccn6)CC5)ccc34)nc1C(F)(F)F)(C(=O)O)C2. The number of benzene rings is 1. The van der Waals surface area contributed by atoms with E-state index in [1.54, 1.807) is 47.4 Å². The van der Waals surface area contributed by atoms with Gasteiger partial charge in [0.15, 0.2) is 5.69 Å². The Labute approximate surface area is 324 Å². The van der Waals surface area contributed by atoms with Crippen LogP contribution in [0.3, 0.4) is 0 Å². The van der Waals surface area contributed by atoms with E-state index in [-0.39, 0.29) is 48.7 Å². The number of fused-ring (bicyclic) bond motifs is 3. The molecule has 0 spiro atoms. The quantitative estimate of drug-likeness (QED) is 0.158. The number of aromatic nitrogens is 4. The van der Waals surface area contributed by atoms with Crippen LogP contribution in [-0.4, -0.2) is 91.9 Å². The highest BCUT2D eigenvalue weighted by atomic mass is 19.4. The summed E-state index contributed by atoms with van der Waals surface area (Å²) >= 11 is 0. The second-order valence-electron chi connectivity index (χ2n) is 16.0. The second kappa shape index (κ2) is 14.8. The van der Waals surface area contributed by atoms with Gasteiger partial charge in [-0.2, -0.15) is 26.3 Å². The highest BCUT2D eigenvalue weighted by Gasteiger charge is 2.57. The number of ether oxygens (including phenoxy) is 1. The van der Waals surface area contributed by atoms with Gasteiger partial charge in [0.25, 0.3) is 5.91 Å². The number of nitrogens with zero attached hydrogens (tertiary/aromatic N) is 6. The molecule has 11 nitrogen and oxygen atoms in total. The largest absolute Gasteiger partial charge is 0.490 e. The van der Waals surface area contributed by atoms with Crippen molar-refractivity contribution in [1.29, 1.82) is 0 Å². The average molecular weight is 800 g/mol. The fourth-order valence-electron chi connectivity index (χ4n) is 9.57. The zero-order chi connectivity index (χ0) is 40.3. The number of pyridine rings is 1. The Morgan fingerprint density at radius 1 is 1.00 bits per heavy atom. The van der Waals surface area contributed by atoms with E-state index in [2.05, 4.69) is 25.2 Å². The summed E-state index contributed by atoms with van der Waals surface area (Å²) in [6.45, 7) is 2.40. The summed E-state index contributed by atoms with van der Waals surface area (Å²) in [5, 5.41) is 13.4. The van der Waals surface area contributed by atoms with Gasteiger partial charge in [0, 0.05) is 74.6 Å². The number of likely N-dealkylation sites (tertiary alicyclic amines) is 1. The zero-order valence-corrected chi connectivity index (χ0v) is 31.2. The molecular weight excluding hydrogens is 756 g/mol. The van der Waals surface area contributed by atoms with Crippen molar-refractivity contribution in [1.82, 2.24) is 29.7 Å². The zero-order valence-electron chi connectivity index (χ0n) is 31.2. The number of nitrogens with one attached hydrogen (secondary N) is 1. The molecule has 3 aromatic heterocycles. The molecule has 1 aromatic carbocycles. The van der Waals surface area contributed by atoms with Crippen molar-refractivity contribution in [3.8, 4) is 17.0 Å². The van der Waals surface area contributed by atoms with Crippen LogP contribution in [0.15, 0.2) is 55.0 Å². The Hall–Kier alpha value is -4.93. The number of anilines is 1. The molecule has 0 radical (unpaired) electrons. The highest BCUT2D eigenvalue weighted by molar-refractivity contribution is 6.00. The van der Waals surface area contributed by atoms with Gasteiger partial charge in [0.05, 0.1) is 29.4 Å². The van der Waals surface area contributed by atoms with Crippen LogP contribution >= 0.6 is 0 Å².